The molecule has 5 heteroatoms. The first-order chi connectivity index (χ1) is 6.66. The summed E-state index contributed by atoms with van der Waals surface area (Å²) >= 11 is 11.8. The van der Waals surface area contributed by atoms with Crippen molar-refractivity contribution >= 4 is 29.2 Å². The van der Waals surface area contributed by atoms with Crippen molar-refractivity contribution in [2.45, 2.75) is 6.04 Å². The second kappa shape index (κ2) is 3.67. The van der Waals surface area contributed by atoms with Gasteiger partial charge < -0.3 is 11.1 Å². The Bertz CT molecular complexity index is 390. The first-order valence-electron chi connectivity index (χ1n) is 4.18. The summed E-state index contributed by atoms with van der Waals surface area (Å²) < 4.78 is 0. The molecule has 74 valence electrons. The topological polar surface area (TPSA) is 50.4 Å². The minimum atomic E-state index is 0.0692. The summed E-state index contributed by atoms with van der Waals surface area (Å²) in [6.07, 6.45) is 0. The standard InChI is InChI=1S/C9H9Cl2N3/c10-5-1-2-6(7(11)3-5)8-4-13-9(12)14-8/h1-3,8H,4H2,(H3,12,13,14). The van der Waals surface area contributed by atoms with Crippen LogP contribution in [-0.2, 0) is 0 Å². The van der Waals surface area contributed by atoms with E-state index < -0.39 is 0 Å². The van der Waals surface area contributed by atoms with Gasteiger partial charge in [0, 0.05) is 10.0 Å². The normalized spacial score (nSPS) is 20.4. The summed E-state index contributed by atoms with van der Waals surface area (Å²) in [6.45, 7) is 0.618. The minimum Gasteiger partial charge on any atom is -0.370 e. The average molecular weight is 230 g/mol. The second-order valence-electron chi connectivity index (χ2n) is 3.09. The van der Waals surface area contributed by atoms with E-state index in [0.29, 0.717) is 22.5 Å². The quantitative estimate of drug-likeness (QED) is 0.774. The van der Waals surface area contributed by atoms with Gasteiger partial charge in [-0.25, -0.2) is 0 Å². The third-order valence-corrected chi connectivity index (χ3v) is 2.67. The van der Waals surface area contributed by atoms with Crippen LogP contribution in [0, 0.1) is 0 Å². The lowest BCUT2D eigenvalue weighted by atomic mass is 10.1. The molecule has 1 aliphatic heterocycles. The maximum absolute atomic E-state index is 6.04. The van der Waals surface area contributed by atoms with E-state index in [1.54, 1.807) is 12.1 Å². The Hall–Kier alpha value is -0.930. The maximum atomic E-state index is 6.04. The van der Waals surface area contributed by atoms with Crippen molar-refractivity contribution in [2.75, 3.05) is 6.54 Å². The van der Waals surface area contributed by atoms with Crippen molar-refractivity contribution < 1.29 is 0 Å². The molecule has 0 amide bonds. The van der Waals surface area contributed by atoms with Gasteiger partial charge >= 0.3 is 0 Å². The molecule has 14 heavy (non-hydrogen) atoms. The minimum absolute atomic E-state index is 0.0692. The van der Waals surface area contributed by atoms with Crippen LogP contribution in [0.4, 0.5) is 0 Å². The smallest absolute Gasteiger partial charge is 0.189 e. The summed E-state index contributed by atoms with van der Waals surface area (Å²) in [7, 11) is 0. The van der Waals surface area contributed by atoms with Crippen LogP contribution in [-0.4, -0.2) is 12.5 Å². The number of rotatable bonds is 1. The summed E-state index contributed by atoms with van der Waals surface area (Å²) in [5, 5.41) is 4.30. The van der Waals surface area contributed by atoms with Gasteiger partial charge in [0.25, 0.3) is 0 Å². The second-order valence-corrected chi connectivity index (χ2v) is 3.93. The van der Waals surface area contributed by atoms with Gasteiger partial charge in [-0.15, -0.1) is 0 Å². The lowest BCUT2D eigenvalue weighted by molar-refractivity contribution is 0.708. The van der Waals surface area contributed by atoms with E-state index in [4.69, 9.17) is 28.9 Å². The van der Waals surface area contributed by atoms with Gasteiger partial charge in [-0.2, -0.15) is 0 Å². The van der Waals surface area contributed by atoms with E-state index >= 15 is 0 Å². The Morgan fingerprint density at radius 1 is 1.43 bits per heavy atom. The molecule has 1 unspecified atom stereocenters. The average Bonchev–Trinajstić information content (AvgIpc) is 2.51. The molecule has 2 rings (SSSR count). The van der Waals surface area contributed by atoms with Crippen LogP contribution in [0.25, 0.3) is 0 Å². The lowest BCUT2D eigenvalue weighted by Gasteiger charge is -2.12. The highest BCUT2D eigenvalue weighted by atomic mass is 35.5. The fraction of sp³-hybridized carbons (Fsp3) is 0.222. The number of hydrogen-bond acceptors (Lipinski definition) is 3. The molecule has 1 aliphatic rings. The fourth-order valence-electron chi connectivity index (χ4n) is 1.42. The van der Waals surface area contributed by atoms with Gasteiger partial charge in [-0.05, 0) is 17.7 Å². The number of nitrogens with two attached hydrogens (primary N) is 1. The molecule has 1 atom stereocenters. The van der Waals surface area contributed by atoms with Gasteiger partial charge in [-0.3, -0.25) is 4.99 Å². The van der Waals surface area contributed by atoms with E-state index in [-0.39, 0.29) is 6.04 Å². The molecule has 1 heterocycles. The first-order valence-corrected chi connectivity index (χ1v) is 4.94. The number of guanidine groups is 1. The van der Waals surface area contributed by atoms with Crippen molar-refractivity contribution in [3.63, 3.8) is 0 Å². The van der Waals surface area contributed by atoms with E-state index in [1.807, 2.05) is 6.07 Å². The van der Waals surface area contributed by atoms with Crippen LogP contribution >= 0.6 is 23.2 Å². The van der Waals surface area contributed by atoms with Crippen molar-refractivity contribution in [3.05, 3.63) is 33.8 Å². The zero-order valence-electron chi connectivity index (χ0n) is 7.30. The van der Waals surface area contributed by atoms with E-state index in [2.05, 4.69) is 10.3 Å². The van der Waals surface area contributed by atoms with Crippen LogP contribution in [0.1, 0.15) is 11.6 Å². The summed E-state index contributed by atoms with van der Waals surface area (Å²) in [5.41, 5.74) is 6.48. The van der Waals surface area contributed by atoms with E-state index in [1.165, 1.54) is 0 Å². The molecule has 0 saturated carbocycles. The van der Waals surface area contributed by atoms with E-state index in [9.17, 15) is 0 Å². The van der Waals surface area contributed by atoms with Gasteiger partial charge in [0.2, 0.25) is 0 Å². The zero-order valence-corrected chi connectivity index (χ0v) is 8.81. The number of nitrogens with one attached hydrogen (secondary N) is 1. The highest BCUT2D eigenvalue weighted by Crippen LogP contribution is 2.27. The van der Waals surface area contributed by atoms with Gasteiger partial charge in [0.05, 0.1) is 12.6 Å². The Morgan fingerprint density at radius 3 is 2.79 bits per heavy atom. The number of hydrogen-bond donors (Lipinski definition) is 2. The highest BCUT2D eigenvalue weighted by Gasteiger charge is 2.19. The number of halogens is 2. The number of nitrogens with zero attached hydrogens (tertiary/aromatic N) is 1. The Kier molecular flexibility index (Phi) is 2.52. The van der Waals surface area contributed by atoms with Crippen LogP contribution in [0.15, 0.2) is 23.2 Å². The fourth-order valence-corrected chi connectivity index (χ4v) is 1.96. The molecule has 0 spiro atoms. The summed E-state index contributed by atoms with van der Waals surface area (Å²) in [4.78, 5) is 4.05. The zero-order chi connectivity index (χ0) is 10.1. The van der Waals surface area contributed by atoms with Gasteiger partial charge in [0.15, 0.2) is 5.96 Å². The Labute approximate surface area is 91.9 Å². The van der Waals surface area contributed by atoms with E-state index in [0.717, 1.165) is 5.56 Å². The third-order valence-electron chi connectivity index (χ3n) is 2.10. The van der Waals surface area contributed by atoms with Crippen LogP contribution in [0.5, 0.6) is 0 Å². The predicted molar refractivity (Wildman–Crippen MR) is 58.8 cm³/mol. The SMILES string of the molecule is NC1=NCC(c2ccc(Cl)cc2Cl)N1. The summed E-state index contributed by atoms with van der Waals surface area (Å²) in [6, 6.07) is 5.48. The Balaban J connectivity index is 2.25. The van der Waals surface area contributed by atoms with Gasteiger partial charge in [-0.1, -0.05) is 29.3 Å². The molecule has 3 nitrogen and oxygen atoms in total. The van der Waals surface area contributed by atoms with Gasteiger partial charge in [0.1, 0.15) is 0 Å². The first kappa shape index (κ1) is 9.62. The molecular formula is C9H9Cl2N3. The molecule has 0 aromatic heterocycles. The van der Waals surface area contributed by atoms with Crippen molar-refractivity contribution in [3.8, 4) is 0 Å². The van der Waals surface area contributed by atoms with Crippen LogP contribution < -0.4 is 11.1 Å². The molecule has 0 fully saturated rings. The molecule has 0 radical (unpaired) electrons. The van der Waals surface area contributed by atoms with Crippen LogP contribution in [0.3, 0.4) is 0 Å². The molecule has 0 bridgehead atoms. The predicted octanol–water partition coefficient (Wildman–Crippen LogP) is 1.95. The maximum Gasteiger partial charge on any atom is 0.189 e. The molecule has 0 saturated heterocycles. The lowest BCUT2D eigenvalue weighted by Crippen LogP contribution is -2.29. The number of aliphatic imine (C=N–C) groups is 1. The highest BCUT2D eigenvalue weighted by molar-refractivity contribution is 6.35. The third kappa shape index (κ3) is 1.79. The van der Waals surface area contributed by atoms with Crippen molar-refractivity contribution in [2.24, 2.45) is 10.7 Å². The molecule has 1 aromatic rings. The van der Waals surface area contributed by atoms with Crippen LogP contribution in [0.2, 0.25) is 10.0 Å². The molecule has 0 aliphatic carbocycles. The largest absolute Gasteiger partial charge is 0.370 e. The molecular weight excluding hydrogens is 221 g/mol. The van der Waals surface area contributed by atoms with Crippen molar-refractivity contribution in [1.82, 2.24) is 5.32 Å². The molecule has 3 N–H and O–H groups in total. The summed E-state index contributed by atoms with van der Waals surface area (Å²) in [5.74, 6) is 0.459. The molecule has 1 aromatic carbocycles. The van der Waals surface area contributed by atoms with Crippen molar-refractivity contribution in [1.29, 1.82) is 0 Å². The monoisotopic (exact) mass is 229 g/mol. The Morgan fingerprint density at radius 2 is 2.21 bits per heavy atom. The number of benzene rings is 1.